The number of aliphatic hydroxyl groups is 16. The van der Waals surface area contributed by atoms with Crippen molar-refractivity contribution in [3.63, 3.8) is 0 Å². The van der Waals surface area contributed by atoms with E-state index in [-0.39, 0.29) is 46.9 Å². The van der Waals surface area contributed by atoms with Gasteiger partial charge in [0.1, 0.15) is 122 Å². The summed E-state index contributed by atoms with van der Waals surface area (Å²) in [6.45, 7) is 4.80. The second-order valence-electron chi connectivity index (χ2n) is 24.7. The summed E-state index contributed by atoms with van der Waals surface area (Å²) in [5.74, 6) is 0.151. The normalized spacial score (nSPS) is 49.1. The van der Waals surface area contributed by atoms with Gasteiger partial charge in [0.2, 0.25) is 0 Å². The first-order chi connectivity index (χ1) is 39.4. The minimum Gasteiger partial charge on any atom is -0.394 e. The average molecular weight is 1190 g/mol. The summed E-state index contributed by atoms with van der Waals surface area (Å²) in [5.41, 5.74) is 3.08. The first kappa shape index (κ1) is 65.3. The summed E-state index contributed by atoms with van der Waals surface area (Å²) in [4.78, 5) is 13.9. The van der Waals surface area contributed by atoms with Gasteiger partial charge < -0.3 is 129 Å². The van der Waals surface area contributed by atoms with Crippen LogP contribution in [0.2, 0.25) is 0 Å². The van der Waals surface area contributed by atoms with Gasteiger partial charge in [0.05, 0.1) is 45.7 Å². The first-order valence-corrected chi connectivity index (χ1v) is 29.1. The Hall–Kier alpha value is -2.15. The highest BCUT2D eigenvalue weighted by Gasteiger charge is 2.59. The Kier molecular flexibility index (Phi) is 21.2. The second kappa shape index (κ2) is 26.9. The van der Waals surface area contributed by atoms with Crippen LogP contribution in [-0.4, -0.2) is 281 Å². The fourth-order valence-electron chi connectivity index (χ4n) is 14.2. The molecule has 16 N–H and O–H groups in total. The van der Waals surface area contributed by atoms with Crippen molar-refractivity contribution in [3.05, 3.63) is 34.9 Å². The molecule has 2 saturated carbocycles. The Balaban J connectivity index is 0.823. The molecule has 83 heavy (non-hydrogen) atoms. The van der Waals surface area contributed by atoms with Crippen molar-refractivity contribution in [1.29, 1.82) is 0 Å². The Morgan fingerprint density at radius 3 is 1.81 bits per heavy atom. The quantitative estimate of drug-likeness (QED) is 0.0508. The third-order valence-corrected chi connectivity index (χ3v) is 19.5. The van der Waals surface area contributed by atoms with Gasteiger partial charge in [-0.2, -0.15) is 0 Å². The number of Topliss-reactive ketones (excluding diaryl/α,β-unsaturated/α-hetero) is 1. The number of carbonyl (C=O) groups is 1. The fraction of sp³-hybridized carbons (Fsp3) is 0.875. The van der Waals surface area contributed by atoms with E-state index in [1.807, 2.05) is 13.8 Å². The molecule has 0 bridgehead atoms. The van der Waals surface area contributed by atoms with E-state index >= 15 is 0 Å². The molecule has 5 aliphatic heterocycles. The smallest absolute Gasteiger partial charge is 0.187 e. The van der Waals surface area contributed by atoms with E-state index in [9.17, 15) is 86.5 Å². The van der Waals surface area contributed by atoms with E-state index < -0.39 is 187 Å². The molecule has 31 atom stereocenters. The van der Waals surface area contributed by atoms with E-state index in [1.165, 1.54) is 11.1 Å². The van der Waals surface area contributed by atoms with Crippen LogP contribution in [0.1, 0.15) is 79.1 Å². The molecule has 0 aromatic rings. The predicted octanol–water partition coefficient (Wildman–Crippen LogP) is -4.86. The summed E-state index contributed by atoms with van der Waals surface area (Å²) in [7, 11) is 0. The first-order valence-electron chi connectivity index (χ1n) is 29.1. The zero-order chi connectivity index (χ0) is 60.1. The molecular formula is C56H88O27. The Bertz CT molecular complexity index is 2270. The van der Waals surface area contributed by atoms with Gasteiger partial charge in [-0.1, -0.05) is 62.6 Å². The zero-order valence-corrected chi connectivity index (χ0v) is 47.0. The molecule has 0 spiro atoms. The predicted molar refractivity (Wildman–Crippen MR) is 278 cm³/mol. The van der Waals surface area contributed by atoms with Gasteiger partial charge in [0, 0.05) is 17.8 Å². The van der Waals surface area contributed by atoms with E-state index in [4.69, 9.17) is 47.4 Å². The topological polar surface area (TPSA) is 433 Å². The number of rotatable bonds is 20. The molecule has 27 nitrogen and oxygen atoms in total. The number of fused-ring (bicyclic) bond motifs is 5. The molecule has 9 aliphatic rings. The molecule has 5 heterocycles. The lowest BCUT2D eigenvalue weighted by atomic mass is 9.48. The average Bonchev–Trinajstić information content (AvgIpc) is 3.19. The summed E-state index contributed by atoms with van der Waals surface area (Å²) < 4.78 is 58.9. The van der Waals surface area contributed by atoms with Gasteiger partial charge in [-0.25, -0.2) is 0 Å². The van der Waals surface area contributed by atoms with Crippen molar-refractivity contribution in [2.24, 2.45) is 34.5 Å². The van der Waals surface area contributed by atoms with Gasteiger partial charge in [-0.15, -0.1) is 0 Å². The fourth-order valence-corrected chi connectivity index (χ4v) is 14.2. The Morgan fingerprint density at radius 2 is 1.14 bits per heavy atom. The largest absolute Gasteiger partial charge is 0.394 e. The molecule has 474 valence electrons. The summed E-state index contributed by atoms with van der Waals surface area (Å²) in [5, 5.41) is 170. The molecule has 0 aromatic carbocycles. The number of ether oxygens (including phenoxy) is 10. The van der Waals surface area contributed by atoms with Crippen LogP contribution in [0.4, 0.5) is 0 Å². The van der Waals surface area contributed by atoms with Crippen molar-refractivity contribution in [3.8, 4) is 0 Å². The van der Waals surface area contributed by atoms with Crippen LogP contribution in [-0.2, 0) is 52.2 Å². The van der Waals surface area contributed by atoms with Crippen LogP contribution >= 0.6 is 0 Å². The number of ketones is 1. The zero-order valence-electron chi connectivity index (χ0n) is 47.0. The van der Waals surface area contributed by atoms with Crippen molar-refractivity contribution in [2.75, 3.05) is 39.6 Å². The Morgan fingerprint density at radius 1 is 0.590 bits per heavy atom. The highest BCUT2D eigenvalue weighted by atomic mass is 16.8. The molecule has 5 saturated heterocycles. The molecule has 9 rings (SSSR count). The van der Waals surface area contributed by atoms with Gasteiger partial charge in [-0.3, -0.25) is 4.79 Å². The number of hydrogen-bond acceptors (Lipinski definition) is 27. The minimum atomic E-state index is -2.03. The van der Waals surface area contributed by atoms with Crippen LogP contribution in [0, 0.1) is 34.5 Å². The highest BCUT2D eigenvalue weighted by Crippen LogP contribution is 2.64. The van der Waals surface area contributed by atoms with E-state index in [2.05, 4.69) is 32.1 Å². The van der Waals surface area contributed by atoms with Crippen LogP contribution in [0.15, 0.2) is 34.9 Å². The molecule has 31 unspecified atom stereocenters. The number of allylic oxidation sites excluding steroid dienone is 5. The molecule has 0 radical (unpaired) electrons. The monoisotopic (exact) mass is 1190 g/mol. The van der Waals surface area contributed by atoms with Crippen molar-refractivity contribution in [1.82, 2.24) is 0 Å². The summed E-state index contributed by atoms with van der Waals surface area (Å²) in [6, 6.07) is 0. The maximum absolute atomic E-state index is 13.9. The third-order valence-electron chi connectivity index (χ3n) is 19.5. The maximum atomic E-state index is 13.9. The molecule has 0 aromatic heterocycles. The lowest BCUT2D eigenvalue weighted by Gasteiger charge is -2.56. The highest BCUT2D eigenvalue weighted by molar-refractivity contribution is 5.84. The number of hydrogen-bond donors (Lipinski definition) is 16. The standard InChI is InChI=1S/C56H88O27/c1-22(20-74-50-44(71)40(67)37(64)32(16-57)77-50)5-10-30(61)23(2)27-8-9-28-26-7-6-24-15-25(11-13-55(24,3)29(26)12-14-56(27,28)4)76-52-46(73)42(69)47(35(19-60)80-52)81-54-49(83-53-45(72)41(68)38(65)33(17-58)78-53)48(39(66)34(18-59)79-54)82-51-43(70)36(63)31(62)21-75-51/h6,8-9,22-23,25-26,29,31-54,57-60,62-73H,5,7,10-21H2,1-4H3. The van der Waals surface area contributed by atoms with Gasteiger partial charge >= 0.3 is 0 Å². The lowest BCUT2D eigenvalue weighted by molar-refractivity contribution is -0.403. The van der Waals surface area contributed by atoms with E-state index in [0.29, 0.717) is 25.7 Å². The number of carbonyl (C=O) groups excluding carboxylic acids is 1. The minimum absolute atomic E-state index is 0.0964. The SMILES string of the molecule is CC(CCC(=O)C(C)C1=CC=C2C3CC=C4CC(OC5OC(CO)C(OC6OC(CO)C(O)C(OC7OCC(O)C(O)C7O)C6OC6OC(CO)C(O)C(O)C6O)C(O)C5O)CCC4(C)C3CCC12C)COC1OC(CO)C(O)C(O)C1O. The summed E-state index contributed by atoms with van der Waals surface area (Å²) >= 11 is 0. The summed E-state index contributed by atoms with van der Waals surface area (Å²) in [6.07, 6.45) is -29.5. The molecule has 7 fully saturated rings. The number of aliphatic hydroxyl groups excluding tert-OH is 16. The van der Waals surface area contributed by atoms with Crippen molar-refractivity contribution >= 4 is 5.78 Å². The van der Waals surface area contributed by atoms with Crippen LogP contribution < -0.4 is 0 Å². The Labute approximate surface area is 480 Å². The van der Waals surface area contributed by atoms with Gasteiger partial charge in [0.25, 0.3) is 0 Å². The van der Waals surface area contributed by atoms with Crippen molar-refractivity contribution in [2.45, 2.75) is 233 Å². The third kappa shape index (κ3) is 12.7. The molecule has 27 heteroatoms. The van der Waals surface area contributed by atoms with E-state index in [1.54, 1.807) is 0 Å². The van der Waals surface area contributed by atoms with Crippen LogP contribution in [0.3, 0.4) is 0 Å². The molecule has 4 aliphatic carbocycles. The van der Waals surface area contributed by atoms with E-state index in [0.717, 1.165) is 31.3 Å². The van der Waals surface area contributed by atoms with Gasteiger partial charge in [0.15, 0.2) is 31.5 Å². The second-order valence-corrected chi connectivity index (χ2v) is 24.7. The van der Waals surface area contributed by atoms with Gasteiger partial charge in [-0.05, 0) is 68.1 Å². The lowest BCUT2D eigenvalue weighted by Crippen LogP contribution is -2.68. The molecule has 0 amide bonds. The maximum Gasteiger partial charge on any atom is 0.187 e. The van der Waals surface area contributed by atoms with Crippen molar-refractivity contribution < 1.29 is 134 Å². The molecular weight excluding hydrogens is 1100 g/mol. The van der Waals surface area contributed by atoms with Crippen LogP contribution in [0.25, 0.3) is 0 Å². The van der Waals surface area contributed by atoms with Crippen LogP contribution in [0.5, 0.6) is 0 Å².